The number of rotatable bonds is 2. The average Bonchev–Trinajstić information content (AvgIpc) is 3.17. The van der Waals surface area contributed by atoms with Crippen LogP contribution >= 0.6 is 11.8 Å². The van der Waals surface area contributed by atoms with Crippen LogP contribution in [0.2, 0.25) is 0 Å². The zero-order valence-corrected chi connectivity index (χ0v) is 18.1. The van der Waals surface area contributed by atoms with Gasteiger partial charge in [-0.05, 0) is 51.2 Å². The highest BCUT2D eigenvalue weighted by Gasteiger charge is 2.29. The lowest BCUT2D eigenvalue weighted by Gasteiger charge is -2.33. The Morgan fingerprint density at radius 3 is 2.67 bits per heavy atom. The molecule has 0 bridgehead atoms. The van der Waals surface area contributed by atoms with Crippen molar-refractivity contribution in [3.63, 3.8) is 0 Å². The van der Waals surface area contributed by atoms with Crippen molar-refractivity contribution in [2.45, 2.75) is 45.3 Å². The molecule has 0 aliphatic carbocycles. The van der Waals surface area contributed by atoms with Crippen molar-refractivity contribution >= 4 is 34.6 Å². The van der Waals surface area contributed by atoms with Gasteiger partial charge >= 0.3 is 6.09 Å². The van der Waals surface area contributed by atoms with Gasteiger partial charge in [-0.2, -0.15) is 0 Å². The summed E-state index contributed by atoms with van der Waals surface area (Å²) in [4.78, 5) is 44.1. The van der Waals surface area contributed by atoms with Crippen molar-refractivity contribution in [2.75, 3.05) is 13.1 Å². The van der Waals surface area contributed by atoms with Crippen molar-refractivity contribution in [3.05, 3.63) is 45.8 Å². The van der Waals surface area contributed by atoms with Crippen LogP contribution in [0.1, 0.15) is 44.0 Å². The maximum atomic E-state index is 13.0. The number of carbonyl (C=O) groups is 3. The highest BCUT2D eigenvalue weighted by molar-refractivity contribution is 8.10. The van der Waals surface area contributed by atoms with E-state index in [1.54, 1.807) is 17.0 Å². The molecule has 8 heteroatoms. The number of alkyl carbamates (subject to hydrolysis) is 1. The van der Waals surface area contributed by atoms with Gasteiger partial charge in [-0.25, -0.2) is 9.79 Å². The summed E-state index contributed by atoms with van der Waals surface area (Å²) in [6, 6.07) is 5.39. The number of amides is 3. The van der Waals surface area contributed by atoms with Gasteiger partial charge in [-0.15, -0.1) is 11.8 Å². The average molecular weight is 428 g/mol. The molecule has 3 aliphatic rings. The van der Waals surface area contributed by atoms with E-state index in [0.29, 0.717) is 36.9 Å². The number of benzene rings is 1. The topological polar surface area (TPSA) is 88.1 Å². The van der Waals surface area contributed by atoms with E-state index in [-0.39, 0.29) is 23.8 Å². The molecule has 1 unspecified atom stereocenters. The Morgan fingerprint density at radius 2 is 1.97 bits per heavy atom. The molecule has 1 atom stereocenters. The number of nitrogens with zero attached hydrogens (tertiary/aromatic N) is 2. The predicted molar refractivity (Wildman–Crippen MR) is 114 cm³/mol. The lowest BCUT2D eigenvalue weighted by molar-refractivity contribution is -0.119. The molecule has 4 rings (SSSR count). The molecule has 3 aliphatic heterocycles. The molecule has 1 aromatic rings. The molecule has 30 heavy (non-hydrogen) atoms. The van der Waals surface area contributed by atoms with Gasteiger partial charge in [0.25, 0.3) is 11.8 Å². The van der Waals surface area contributed by atoms with Crippen LogP contribution in [0.15, 0.2) is 34.7 Å². The smallest absolute Gasteiger partial charge is 0.407 e. The molecule has 1 fully saturated rings. The van der Waals surface area contributed by atoms with Gasteiger partial charge in [-0.3, -0.25) is 9.59 Å². The Morgan fingerprint density at radius 1 is 1.23 bits per heavy atom. The van der Waals surface area contributed by atoms with E-state index in [1.807, 2.05) is 38.3 Å². The van der Waals surface area contributed by atoms with Crippen molar-refractivity contribution in [1.29, 1.82) is 0 Å². The fourth-order valence-corrected chi connectivity index (χ4v) is 4.82. The van der Waals surface area contributed by atoms with E-state index >= 15 is 0 Å². The molecule has 158 valence electrons. The third-order valence-corrected chi connectivity index (χ3v) is 6.28. The molecule has 0 spiro atoms. The zero-order valence-electron chi connectivity index (χ0n) is 17.3. The first-order valence-corrected chi connectivity index (χ1v) is 11.0. The summed E-state index contributed by atoms with van der Waals surface area (Å²) >= 11 is 1.54. The number of nitrogens with one attached hydrogen (secondary N) is 1. The van der Waals surface area contributed by atoms with Gasteiger partial charge in [0.05, 0.1) is 11.3 Å². The van der Waals surface area contributed by atoms with Crippen LogP contribution in [0.5, 0.6) is 0 Å². The van der Waals surface area contributed by atoms with Crippen LogP contribution in [0, 0.1) is 5.92 Å². The van der Waals surface area contributed by atoms with Crippen molar-refractivity contribution < 1.29 is 19.1 Å². The second-order valence-electron chi connectivity index (χ2n) is 8.68. The summed E-state index contributed by atoms with van der Waals surface area (Å²) in [5.74, 6) is -0.543. The third kappa shape index (κ3) is 4.28. The van der Waals surface area contributed by atoms with E-state index in [4.69, 9.17) is 4.74 Å². The maximum absolute atomic E-state index is 13.0. The first-order valence-electron chi connectivity index (χ1n) is 10.1. The van der Waals surface area contributed by atoms with Crippen molar-refractivity contribution in [3.8, 4) is 0 Å². The Bertz CT molecular complexity index is 1050. The summed E-state index contributed by atoms with van der Waals surface area (Å²) in [5.41, 5.74) is -0.00998. The normalized spacial score (nSPS) is 21.0. The molecular formula is C22H25N3O4S. The number of fused-ring (bicyclic) bond motifs is 2. The van der Waals surface area contributed by atoms with Gasteiger partial charge < -0.3 is 15.0 Å². The molecular weight excluding hydrogens is 402 g/mol. The van der Waals surface area contributed by atoms with Gasteiger partial charge in [-0.1, -0.05) is 12.1 Å². The Hall–Kier alpha value is -2.61. The molecule has 1 N–H and O–H groups in total. The van der Waals surface area contributed by atoms with Crippen LogP contribution in [-0.2, 0) is 9.53 Å². The molecule has 0 aromatic heterocycles. The molecule has 3 heterocycles. The molecule has 7 nitrogen and oxygen atoms in total. The lowest BCUT2D eigenvalue weighted by atomic mass is 10.0. The van der Waals surface area contributed by atoms with Crippen LogP contribution < -0.4 is 15.9 Å². The van der Waals surface area contributed by atoms with Crippen LogP contribution in [0.25, 0.3) is 4.91 Å². The summed E-state index contributed by atoms with van der Waals surface area (Å²) in [6.07, 6.45) is 2.77. The largest absolute Gasteiger partial charge is 0.444 e. The van der Waals surface area contributed by atoms with E-state index in [0.717, 1.165) is 10.1 Å². The summed E-state index contributed by atoms with van der Waals surface area (Å²) in [7, 11) is 0. The zero-order chi connectivity index (χ0) is 21.5. The quantitative estimate of drug-likeness (QED) is 0.780. The SMILES string of the molecule is CC(C)(C)OC(=O)NC1CCN(C(=O)c2ccc3c(c2)=NC(=O)C2C=CSC=32)CC1. The fraction of sp³-hybridized carbons (Fsp3) is 0.455. The number of ether oxygens (including phenoxy) is 1. The standard InChI is InChI=1S/C22H25N3O4S/c1-22(2,3)29-21(28)23-14-6-9-25(10-7-14)20(27)13-4-5-15-17(12-13)24-19(26)16-8-11-30-18(15)16/h4-5,8,11-12,14,16H,6-7,9-10H2,1-3H3,(H,23,28). The number of piperidine rings is 1. The molecule has 0 radical (unpaired) electrons. The Kier molecular flexibility index (Phi) is 5.44. The minimum atomic E-state index is -0.537. The number of likely N-dealkylation sites (tertiary alicyclic amines) is 1. The minimum absolute atomic E-state index is 0.0136. The van der Waals surface area contributed by atoms with E-state index < -0.39 is 11.7 Å². The van der Waals surface area contributed by atoms with Crippen LogP contribution in [0.3, 0.4) is 0 Å². The van der Waals surface area contributed by atoms with Crippen molar-refractivity contribution in [2.24, 2.45) is 10.9 Å². The lowest BCUT2D eigenvalue weighted by Crippen LogP contribution is -2.48. The molecule has 1 saturated heterocycles. The number of hydrogen-bond donors (Lipinski definition) is 1. The second kappa shape index (κ2) is 7.91. The number of thioether (sulfide) groups is 1. The van der Waals surface area contributed by atoms with Crippen molar-refractivity contribution in [1.82, 2.24) is 10.2 Å². The maximum Gasteiger partial charge on any atom is 0.407 e. The molecule has 1 aromatic carbocycles. The van der Waals surface area contributed by atoms with Gasteiger partial charge in [0, 0.05) is 34.8 Å². The van der Waals surface area contributed by atoms with E-state index in [1.165, 1.54) is 11.8 Å². The van der Waals surface area contributed by atoms with E-state index in [2.05, 4.69) is 10.3 Å². The minimum Gasteiger partial charge on any atom is -0.444 e. The van der Waals surface area contributed by atoms with E-state index in [9.17, 15) is 14.4 Å². The number of hydrogen-bond acceptors (Lipinski definition) is 5. The summed E-state index contributed by atoms with van der Waals surface area (Å²) in [5, 5.41) is 6.28. The predicted octanol–water partition coefficient (Wildman–Crippen LogP) is 1.96. The Labute approximate surface area is 179 Å². The number of carbonyl (C=O) groups excluding carboxylic acids is 3. The Balaban J connectivity index is 1.42. The third-order valence-electron chi connectivity index (χ3n) is 5.26. The second-order valence-corrected chi connectivity index (χ2v) is 9.63. The first-order chi connectivity index (χ1) is 14.2. The van der Waals surface area contributed by atoms with Gasteiger partial charge in [0.1, 0.15) is 5.60 Å². The monoisotopic (exact) mass is 427 g/mol. The highest BCUT2D eigenvalue weighted by atomic mass is 32.2. The highest BCUT2D eigenvalue weighted by Crippen LogP contribution is 2.35. The van der Waals surface area contributed by atoms with Gasteiger partial charge in [0.15, 0.2) is 0 Å². The summed E-state index contributed by atoms with van der Waals surface area (Å²) in [6.45, 7) is 6.57. The first kappa shape index (κ1) is 20.7. The molecule has 3 amide bonds. The van der Waals surface area contributed by atoms with Crippen LogP contribution in [0.4, 0.5) is 4.79 Å². The van der Waals surface area contributed by atoms with Gasteiger partial charge in [0.2, 0.25) is 0 Å². The fourth-order valence-electron chi connectivity index (χ4n) is 3.81. The van der Waals surface area contributed by atoms with Crippen LogP contribution in [-0.4, -0.2) is 47.5 Å². The summed E-state index contributed by atoms with van der Waals surface area (Å²) < 4.78 is 5.30. The molecule has 0 saturated carbocycles.